The third-order valence-electron chi connectivity index (χ3n) is 4.60. The van der Waals surface area contributed by atoms with Gasteiger partial charge in [0.25, 0.3) is 0 Å². The van der Waals surface area contributed by atoms with Crippen LogP contribution in [-0.2, 0) is 16.0 Å². The first kappa shape index (κ1) is 19.3. The van der Waals surface area contributed by atoms with E-state index in [1.165, 1.54) is 0 Å². The summed E-state index contributed by atoms with van der Waals surface area (Å²) in [5, 5.41) is 3.11. The lowest BCUT2D eigenvalue weighted by atomic mass is 9.93. The molecule has 1 saturated heterocycles. The quantitative estimate of drug-likeness (QED) is 0.892. The molecule has 25 heavy (non-hydrogen) atoms. The first-order chi connectivity index (χ1) is 11.8. The van der Waals surface area contributed by atoms with Gasteiger partial charge in [0.15, 0.2) is 0 Å². The second kappa shape index (κ2) is 8.37. The van der Waals surface area contributed by atoms with Gasteiger partial charge in [-0.2, -0.15) is 0 Å². The highest BCUT2D eigenvalue weighted by atomic mass is 16.5. The molecule has 0 spiro atoms. The number of piperidine rings is 1. The van der Waals surface area contributed by atoms with Crippen LogP contribution in [0.25, 0.3) is 0 Å². The fraction of sp³-hybridized carbons (Fsp3) is 0.600. The summed E-state index contributed by atoms with van der Waals surface area (Å²) in [6.45, 7) is 7.27. The zero-order valence-corrected chi connectivity index (χ0v) is 15.8. The average Bonchev–Trinajstić information content (AvgIpc) is 2.59. The van der Waals surface area contributed by atoms with E-state index >= 15 is 0 Å². The van der Waals surface area contributed by atoms with Gasteiger partial charge in [0.05, 0.1) is 7.11 Å². The molecule has 1 N–H and O–H groups in total. The van der Waals surface area contributed by atoms with Gasteiger partial charge < -0.3 is 15.0 Å². The fourth-order valence-corrected chi connectivity index (χ4v) is 3.16. The summed E-state index contributed by atoms with van der Waals surface area (Å²) < 4.78 is 5.32. The van der Waals surface area contributed by atoms with Crippen molar-refractivity contribution in [1.29, 1.82) is 0 Å². The van der Waals surface area contributed by atoms with Gasteiger partial charge in [-0.25, -0.2) is 0 Å². The second-order valence-corrected chi connectivity index (χ2v) is 7.70. The summed E-state index contributed by atoms with van der Waals surface area (Å²) in [6.07, 6.45) is 2.75. The van der Waals surface area contributed by atoms with Crippen LogP contribution in [0.3, 0.4) is 0 Å². The molecule has 0 unspecified atom stereocenters. The van der Waals surface area contributed by atoms with Crippen LogP contribution >= 0.6 is 0 Å². The summed E-state index contributed by atoms with van der Waals surface area (Å²) in [7, 11) is 1.64. The van der Waals surface area contributed by atoms with Gasteiger partial charge in [0, 0.05) is 31.0 Å². The van der Waals surface area contributed by atoms with Crippen LogP contribution in [0.2, 0.25) is 0 Å². The summed E-state index contributed by atoms with van der Waals surface area (Å²) in [6, 6.07) is 7.94. The van der Waals surface area contributed by atoms with Crippen LogP contribution in [0.4, 0.5) is 0 Å². The number of para-hydroxylation sites is 1. The van der Waals surface area contributed by atoms with Crippen LogP contribution in [0.5, 0.6) is 5.75 Å². The van der Waals surface area contributed by atoms with Gasteiger partial charge in [-0.05, 0) is 30.9 Å². The third-order valence-corrected chi connectivity index (χ3v) is 4.60. The molecule has 5 heteroatoms. The van der Waals surface area contributed by atoms with Crippen LogP contribution < -0.4 is 10.1 Å². The number of amides is 2. The van der Waals surface area contributed by atoms with E-state index in [-0.39, 0.29) is 23.3 Å². The molecule has 0 aromatic heterocycles. The molecule has 1 heterocycles. The van der Waals surface area contributed by atoms with Gasteiger partial charge in [-0.3, -0.25) is 9.59 Å². The van der Waals surface area contributed by atoms with Gasteiger partial charge >= 0.3 is 0 Å². The Balaban J connectivity index is 1.76. The molecular formula is C20H30N2O3. The minimum Gasteiger partial charge on any atom is -0.496 e. The molecular weight excluding hydrogens is 316 g/mol. The van der Waals surface area contributed by atoms with Crippen molar-refractivity contribution in [2.75, 3.05) is 20.2 Å². The molecule has 5 nitrogen and oxygen atoms in total. The van der Waals surface area contributed by atoms with Crippen molar-refractivity contribution in [2.45, 2.75) is 52.5 Å². The predicted octanol–water partition coefficient (Wildman–Crippen LogP) is 2.78. The predicted molar refractivity (Wildman–Crippen MR) is 98.5 cm³/mol. The number of nitrogens with zero attached hydrogens (tertiary/aromatic N) is 1. The van der Waals surface area contributed by atoms with Gasteiger partial charge in [0.1, 0.15) is 5.75 Å². The number of carbonyl (C=O) groups is 2. The van der Waals surface area contributed by atoms with E-state index in [2.05, 4.69) is 5.32 Å². The summed E-state index contributed by atoms with van der Waals surface area (Å²) in [5.74, 6) is 1.07. The monoisotopic (exact) mass is 346 g/mol. The van der Waals surface area contributed by atoms with Gasteiger partial charge in [-0.15, -0.1) is 0 Å². The largest absolute Gasteiger partial charge is 0.496 e. The molecule has 0 saturated carbocycles. The van der Waals surface area contributed by atoms with Gasteiger partial charge in [0.2, 0.25) is 11.8 Å². The number of hydrogen-bond donors (Lipinski definition) is 1. The standard InChI is InChI=1S/C20H30N2O3/c1-20(2,3)19(24)22-13-11-16(12-14-22)21-18(23)10-9-15-7-5-6-8-17(15)25-4/h5-8,16H,9-14H2,1-4H3,(H,21,23). The number of rotatable bonds is 5. The Kier molecular flexibility index (Phi) is 6.45. The first-order valence-corrected chi connectivity index (χ1v) is 9.02. The molecule has 1 fully saturated rings. The van der Waals surface area contributed by atoms with E-state index in [1.807, 2.05) is 49.9 Å². The maximum atomic E-state index is 12.3. The Morgan fingerprint density at radius 1 is 1.20 bits per heavy atom. The highest BCUT2D eigenvalue weighted by Gasteiger charge is 2.30. The minimum atomic E-state index is -0.342. The zero-order chi connectivity index (χ0) is 18.4. The van der Waals surface area contributed by atoms with Crippen molar-refractivity contribution in [2.24, 2.45) is 5.41 Å². The summed E-state index contributed by atoms with van der Waals surface area (Å²) in [4.78, 5) is 26.4. The Bertz CT molecular complexity index is 599. The molecule has 2 amide bonds. The SMILES string of the molecule is COc1ccccc1CCC(=O)NC1CCN(C(=O)C(C)(C)C)CC1. The molecule has 1 aromatic carbocycles. The summed E-state index contributed by atoms with van der Waals surface area (Å²) in [5.41, 5.74) is 0.705. The number of nitrogens with one attached hydrogen (secondary N) is 1. The lowest BCUT2D eigenvalue weighted by molar-refractivity contribution is -0.140. The van der Waals surface area contributed by atoms with Crippen LogP contribution in [0.15, 0.2) is 24.3 Å². The molecule has 138 valence electrons. The lowest BCUT2D eigenvalue weighted by Crippen LogP contribution is -2.49. The average molecular weight is 346 g/mol. The van der Waals surface area contributed by atoms with E-state index in [1.54, 1.807) is 7.11 Å². The third kappa shape index (κ3) is 5.48. The van der Waals surface area contributed by atoms with Crippen molar-refractivity contribution in [3.05, 3.63) is 29.8 Å². The number of aryl methyl sites for hydroxylation is 1. The van der Waals surface area contributed by atoms with E-state index in [0.29, 0.717) is 25.9 Å². The molecule has 1 aliphatic heterocycles. The smallest absolute Gasteiger partial charge is 0.227 e. The van der Waals surface area contributed by atoms with Crippen molar-refractivity contribution in [3.8, 4) is 5.75 Å². The highest BCUT2D eigenvalue weighted by Crippen LogP contribution is 2.21. The minimum absolute atomic E-state index is 0.0616. The molecule has 1 aromatic rings. The Hall–Kier alpha value is -2.04. The van der Waals surface area contributed by atoms with Crippen molar-refractivity contribution in [3.63, 3.8) is 0 Å². The molecule has 0 bridgehead atoms. The Morgan fingerprint density at radius 3 is 2.44 bits per heavy atom. The zero-order valence-electron chi connectivity index (χ0n) is 15.8. The molecule has 0 atom stereocenters. The number of carbonyl (C=O) groups excluding carboxylic acids is 2. The van der Waals surface area contributed by atoms with Crippen molar-refractivity contribution in [1.82, 2.24) is 10.2 Å². The maximum Gasteiger partial charge on any atom is 0.227 e. The van der Waals surface area contributed by atoms with E-state index in [9.17, 15) is 9.59 Å². The van der Waals surface area contributed by atoms with Crippen LogP contribution in [0, 0.1) is 5.41 Å². The van der Waals surface area contributed by atoms with E-state index in [4.69, 9.17) is 4.74 Å². The highest BCUT2D eigenvalue weighted by molar-refractivity contribution is 5.81. The molecule has 0 radical (unpaired) electrons. The fourth-order valence-electron chi connectivity index (χ4n) is 3.16. The number of methoxy groups -OCH3 is 1. The number of hydrogen-bond acceptors (Lipinski definition) is 3. The molecule has 1 aliphatic rings. The maximum absolute atomic E-state index is 12.3. The van der Waals surface area contributed by atoms with E-state index in [0.717, 1.165) is 24.2 Å². The Morgan fingerprint density at radius 2 is 1.84 bits per heavy atom. The normalized spacial score (nSPS) is 15.8. The first-order valence-electron chi connectivity index (χ1n) is 9.02. The Labute approximate surface area is 150 Å². The van der Waals surface area contributed by atoms with Crippen LogP contribution in [0.1, 0.15) is 45.6 Å². The molecule has 0 aliphatic carbocycles. The molecule has 2 rings (SSSR count). The number of benzene rings is 1. The number of likely N-dealkylation sites (tertiary alicyclic amines) is 1. The van der Waals surface area contributed by atoms with E-state index < -0.39 is 0 Å². The summed E-state index contributed by atoms with van der Waals surface area (Å²) >= 11 is 0. The number of ether oxygens (including phenoxy) is 1. The second-order valence-electron chi connectivity index (χ2n) is 7.70. The van der Waals surface area contributed by atoms with Crippen LogP contribution in [-0.4, -0.2) is 43.0 Å². The van der Waals surface area contributed by atoms with Crippen molar-refractivity contribution < 1.29 is 14.3 Å². The van der Waals surface area contributed by atoms with Crippen molar-refractivity contribution >= 4 is 11.8 Å². The van der Waals surface area contributed by atoms with Gasteiger partial charge in [-0.1, -0.05) is 39.0 Å². The topological polar surface area (TPSA) is 58.6 Å². The lowest BCUT2D eigenvalue weighted by Gasteiger charge is -2.36.